The maximum Gasteiger partial charge on any atom is 0.182 e. The van der Waals surface area contributed by atoms with Crippen LogP contribution < -0.4 is 0 Å². The molecule has 0 aliphatic rings. The van der Waals surface area contributed by atoms with Crippen LogP contribution >= 0.6 is 12.2 Å². The molecule has 106 valence electrons. The average Bonchev–Trinajstić information content (AvgIpc) is 2.96. The zero-order valence-corrected chi connectivity index (χ0v) is 12.7. The fourth-order valence-electron chi connectivity index (χ4n) is 2.83. The zero-order chi connectivity index (χ0) is 14.9. The number of imidazole rings is 1. The van der Waals surface area contributed by atoms with Crippen LogP contribution in [0.25, 0.3) is 27.7 Å². The second-order valence-corrected chi connectivity index (χ2v) is 5.57. The van der Waals surface area contributed by atoms with Gasteiger partial charge in [0.05, 0.1) is 11.4 Å². The van der Waals surface area contributed by atoms with Gasteiger partial charge in [0.1, 0.15) is 0 Å². The number of nitrogens with one attached hydrogen (secondary N) is 1. The summed E-state index contributed by atoms with van der Waals surface area (Å²) in [7, 11) is 0. The fraction of sp³-hybridized carbons (Fsp3) is 0. The standard InChI is InChI=1S/C19H14N2S/c22-19-20-13-18(15-8-2-1-3-9-15)21(19)17-12-6-10-14-7-4-5-11-16(14)17/h1-13H,(H,20,22). The second-order valence-electron chi connectivity index (χ2n) is 5.18. The molecular weight excluding hydrogens is 288 g/mol. The monoisotopic (exact) mass is 302 g/mol. The van der Waals surface area contributed by atoms with Crippen LogP contribution in [0.4, 0.5) is 0 Å². The van der Waals surface area contributed by atoms with Gasteiger partial charge in [0.2, 0.25) is 0 Å². The minimum atomic E-state index is 0.704. The summed E-state index contributed by atoms with van der Waals surface area (Å²) in [5.74, 6) is 0. The first-order chi connectivity index (χ1) is 10.8. The van der Waals surface area contributed by atoms with Crippen LogP contribution in [0.5, 0.6) is 0 Å². The minimum absolute atomic E-state index is 0.704. The first-order valence-corrected chi connectivity index (χ1v) is 7.59. The third-order valence-electron chi connectivity index (χ3n) is 3.85. The van der Waals surface area contributed by atoms with E-state index in [9.17, 15) is 0 Å². The molecule has 4 aromatic rings. The maximum absolute atomic E-state index is 5.53. The van der Waals surface area contributed by atoms with Gasteiger partial charge in [-0.25, -0.2) is 0 Å². The topological polar surface area (TPSA) is 20.7 Å². The predicted octanol–water partition coefficient (Wildman–Crippen LogP) is 5.36. The average molecular weight is 302 g/mol. The van der Waals surface area contributed by atoms with Crippen LogP contribution in [0, 0.1) is 4.77 Å². The SMILES string of the molecule is S=c1[nH]cc(-c2ccccc2)n1-c1cccc2ccccc12. The highest BCUT2D eigenvalue weighted by Crippen LogP contribution is 2.28. The normalized spacial score (nSPS) is 10.9. The molecule has 22 heavy (non-hydrogen) atoms. The van der Waals surface area contributed by atoms with Crippen LogP contribution in [0.1, 0.15) is 0 Å². The van der Waals surface area contributed by atoms with Crippen LogP contribution in [0.15, 0.2) is 79.0 Å². The van der Waals surface area contributed by atoms with E-state index in [0.29, 0.717) is 4.77 Å². The van der Waals surface area contributed by atoms with Crippen molar-refractivity contribution in [3.8, 4) is 16.9 Å². The second kappa shape index (κ2) is 5.28. The van der Waals surface area contributed by atoms with Gasteiger partial charge in [0, 0.05) is 17.1 Å². The lowest BCUT2D eigenvalue weighted by Crippen LogP contribution is -1.98. The molecule has 0 unspecified atom stereocenters. The number of benzene rings is 3. The molecule has 1 heterocycles. The van der Waals surface area contributed by atoms with Crippen LogP contribution in [0.3, 0.4) is 0 Å². The molecule has 0 saturated carbocycles. The van der Waals surface area contributed by atoms with E-state index >= 15 is 0 Å². The summed E-state index contributed by atoms with van der Waals surface area (Å²) < 4.78 is 2.81. The molecule has 0 radical (unpaired) electrons. The Morgan fingerprint density at radius 1 is 0.773 bits per heavy atom. The molecule has 0 aliphatic heterocycles. The van der Waals surface area contributed by atoms with Gasteiger partial charge in [0.25, 0.3) is 0 Å². The van der Waals surface area contributed by atoms with Crippen molar-refractivity contribution >= 4 is 23.0 Å². The number of hydrogen-bond acceptors (Lipinski definition) is 1. The number of H-pyrrole nitrogens is 1. The summed E-state index contributed by atoms with van der Waals surface area (Å²) in [6, 6.07) is 25.0. The highest BCUT2D eigenvalue weighted by Gasteiger charge is 2.10. The quantitative estimate of drug-likeness (QED) is 0.495. The predicted molar refractivity (Wildman–Crippen MR) is 93.9 cm³/mol. The molecule has 0 amide bonds. The molecule has 1 aromatic heterocycles. The van der Waals surface area contributed by atoms with Crippen LogP contribution in [0.2, 0.25) is 0 Å². The Balaban J connectivity index is 2.04. The summed E-state index contributed by atoms with van der Waals surface area (Å²) in [6.45, 7) is 0. The van der Waals surface area contributed by atoms with Crippen molar-refractivity contribution in [2.75, 3.05) is 0 Å². The molecule has 3 aromatic carbocycles. The lowest BCUT2D eigenvalue weighted by molar-refractivity contribution is 1.05. The molecule has 0 atom stereocenters. The Kier molecular flexibility index (Phi) is 3.13. The first kappa shape index (κ1) is 13.0. The number of nitrogens with zero attached hydrogens (tertiary/aromatic N) is 1. The van der Waals surface area contributed by atoms with Gasteiger partial charge in [-0.3, -0.25) is 4.57 Å². The Labute approximate surface area is 133 Å². The van der Waals surface area contributed by atoms with E-state index in [4.69, 9.17) is 12.2 Å². The van der Waals surface area contributed by atoms with E-state index in [2.05, 4.69) is 64.1 Å². The fourth-order valence-corrected chi connectivity index (χ4v) is 3.09. The summed E-state index contributed by atoms with van der Waals surface area (Å²) in [5, 5.41) is 2.40. The van der Waals surface area contributed by atoms with Gasteiger partial charge in [-0.05, 0) is 23.7 Å². The van der Waals surface area contributed by atoms with Crippen LogP contribution in [-0.4, -0.2) is 9.55 Å². The van der Waals surface area contributed by atoms with E-state index in [1.807, 2.05) is 24.4 Å². The summed E-state index contributed by atoms with van der Waals surface area (Å²) in [5.41, 5.74) is 3.31. The van der Waals surface area contributed by atoms with Crippen molar-refractivity contribution in [2.45, 2.75) is 0 Å². The maximum atomic E-state index is 5.53. The van der Waals surface area contributed by atoms with E-state index in [0.717, 1.165) is 16.9 Å². The van der Waals surface area contributed by atoms with Crippen molar-refractivity contribution < 1.29 is 0 Å². The molecule has 4 rings (SSSR count). The van der Waals surface area contributed by atoms with E-state index in [1.54, 1.807) is 0 Å². The Bertz CT molecular complexity index is 991. The van der Waals surface area contributed by atoms with Crippen LogP contribution in [-0.2, 0) is 0 Å². The van der Waals surface area contributed by atoms with Crippen molar-refractivity contribution in [3.05, 3.63) is 83.8 Å². The third kappa shape index (κ3) is 2.07. The molecule has 0 bridgehead atoms. The summed E-state index contributed by atoms with van der Waals surface area (Å²) >= 11 is 5.53. The van der Waals surface area contributed by atoms with E-state index < -0.39 is 0 Å². The lowest BCUT2D eigenvalue weighted by Gasteiger charge is -2.11. The number of aromatic amines is 1. The van der Waals surface area contributed by atoms with Crippen molar-refractivity contribution in [1.82, 2.24) is 9.55 Å². The largest absolute Gasteiger partial charge is 0.336 e. The van der Waals surface area contributed by atoms with E-state index in [1.165, 1.54) is 10.8 Å². The van der Waals surface area contributed by atoms with E-state index in [-0.39, 0.29) is 0 Å². The molecule has 0 spiro atoms. The summed E-state index contributed by atoms with van der Waals surface area (Å²) in [4.78, 5) is 3.18. The van der Waals surface area contributed by atoms with Gasteiger partial charge < -0.3 is 4.98 Å². The lowest BCUT2D eigenvalue weighted by atomic mass is 10.1. The highest BCUT2D eigenvalue weighted by atomic mass is 32.1. The number of hydrogen-bond donors (Lipinski definition) is 1. The number of aromatic nitrogens is 2. The summed E-state index contributed by atoms with van der Waals surface area (Å²) in [6.07, 6.45) is 1.97. The first-order valence-electron chi connectivity index (χ1n) is 7.18. The molecule has 0 fully saturated rings. The van der Waals surface area contributed by atoms with Gasteiger partial charge >= 0.3 is 0 Å². The number of rotatable bonds is 2. The highest BCUT2D eigenvalue weighted by molar-refractivity contribution is 7.71. The molecular formula is C19H14N2S. The minimum Gasteiger partial charge on any atom is -0.336 e. The number of fused-ring (bicyclic) bond motifs is 1. The van der Waals surface area contributed by atoms with Crippen molar-refractivity contribution in [1.29, 1.82) is 0 Å². The Hall–Kier alpha value is -2.65. The zero-order valence-electron chi connectivity index (χ0n) is 11.9. The van der Waals surface area contributed by atoms with Gasteiger partial charge in [-0.15, -0.1) is 0 Å². The van der Waals surface area contributed by atoms with Gasteiger partial charge in [0.15, 0.2) is 4.77 Å². The molecule has 2 nitrogen and oxygen atoms in total. The van der Waals surface area contributed by atoms with Crippen molar-refractivity contribution in [2.24, 2.45) is 0 Å². The smallest absolute Gasteiger partial charge is 0.182 e. The Morgan fingerprint density at radius 3 is 2.36 bits per heavy atom. The Morgan fingerprint density at radius 2 is 1.50 bits per heavy atom. The molecule has 0 saturated heterocycles. The molecule has 0 aliphatic carbocycles. The third-order valence-corrected chi connectivity index (χ3v) is 4.15. The van der Waals surface area contributed by atoms with Gasteiger partial charge in [-0.1, -0.05) is 66.7 Å². The van der Waals surface area contributed by atoms with Gasteiger partial charge in [-0.2, -0.15) is 0 Å². The molecule has 1 N–H and O–H groups in total. The molecule has 3 heteroatoms. The van der Waals surface area contributed by atoms with Crippen molar-refractivity contribution in [3.63, 3.8) is 0 Å².